The van der Waals surface area contributed by atoms with E-state index in [2.05, 4.69) is 15.0 Å². The molecule has 3 N–H and O–H groups in total. The molecule has 1 aromatic heterocycles. The van der Waals surface area contributed by atoms with Crippen molar-refractivity contribution in [3.05, 3.63) is 53.7 Å². The van der Waals surface area contributed by atoms with Crippen LogP contribution in [0.2, 0.25) is 0 Å². The topological polar surface area (TPSA) is 118 Å². The Morgan fingerprint density at radius 2 is 1.88 bits per heavy atom. The van der Waals surface area contributed by atoms with Crippen LogP contribution in [0.15, 0.2) is 47.4 Å². The summed E-state index contributed by atoms with van der Waals surface area (Å²) in [5.74, 6) is 0.232. The zero-order valence-electron chi connectivity index (χ0n) is 19.0. The third-order valence-electron chi connectivity index (χ3n) is 5.86. The van der Waals surface area contributed by atoms with E-state index in [1.54, 1.807) is 42.5 Å². The first-order chi connectivity index (χ1) is 16.3. The van der Waals surface area contributed by atoms with Gasteiger partial charge in [0.05, 0.1) is 24.3 Å². The van der Waals surface area contributed by atoms with E-state index in [0.717, 1.165) is 30.6 Å². The quantitative estimate of drug-likeness (QED) is 0.417. The van der Waals surface area contributed by atoms with E-state index in [9.17, 15) is 18.3 Å². The van der Waals surface area contributed by atoms with Gasteiger partial charge in [0, 0.05) is 11.6 Å². The van der Waals surface area contributed by atoms with Gasteiger partial charge in [0.15, 0.2) is 5.13 Å². The standard InChI is InChI=1S/C24H27N3O5S2/c1-15-22(33-24(25-15)26-23(29)17-5-3-4-6-17)18-9-12-20(32-2)21(13-18)34(30,31)27-19-10-7-16(14-28)8-11-19/h7-13,17,27-28H,3-6,14H2,1-2H3,(H,25,26,29). The van der Waals surface area contributed by atoms with Crippen LogP contribution in [-0.2, 0) is 21.4 Å². The summed E-state index contributed by atoms with van der Waals surface area (Å²) < 4.78 is 34.3. The van der Waals surface area contributed by atoms with Gasteiger partial charge >= 0.3 is 0 Å². The molecule has 2 aromatic carbocycles. The molecule has 1 saturated carbocycles. The van der Waals surface area contributed by atoms with Crippen LogP contribution in [0.5, 0.6) is 5.75 Å². The van der Waals surface area contributed by atoms with Crippen molar-refractivity contribution >= 4 is 38.1 Å². The molecule has 0 saturated heterocycles. The number of aromatic nitrogens is 1. The maximum Gasteiger partial charge on any atom is 0.265 e. The van der Waals surface area contributed by atoms with Crippen LogP contribution in [0.3, 0.4) is 0 Å². The molecule has 0 spiro atoms. The molecule has 34 heavy (non-hydrogen) atoms. The number of nitrogens with zero attached hydrogens (tertiary/aromatic N) is 1. The van der Waals surface area contributed by atoms with Crippen LogP contribution in [-0.4, -0.2) is 31.5 Å². The highest BCUT2D eigenvalue weighted by molar-refractivity contribution is 7.92. The Bertz CT molecular complexity index is 1280. The van der Waals surface area contributed by atoms with E-state index in [-0.39, 0.29) is 29.1 Å². The minimum atomic E-state index is -3.97. The Labute approximate surface area is 203 Å². The summed E-state index contributed by atoms with van der Waals surface area (Å²) in [6.45, 7) is 1.70. The molecule has 0 aliphatic heterocycles. The Morgan fingerprint density at radius 1 is 1.18 bits per heavy atom. The van der Waals surface area contributed by atoms with E-state index >= 15 is 0 Å². The number of nitrogens with one attached hydrogen (secondary N) is 2. The lowest BCUT2D eigenvalue weighted by atomic mass is 10.1. The fraction of sp³-hybridized carbons (Fsp3) is 0.333. The Hall–Kier alpha value is -2.95. The highest BCUT2D eigenvalue weighted by Crippen LogP contribution is 2.37. The lowest BCUT2D eigenvalue weighted by Gasteiger charge is -2.13. The molecule has 1 amide bonds. The highest BCUT2D eigenvalue weighted by atomic mass is 32.2. The fourth-order valence-electron chi connectivity index (χ4n) is 4.03. The van der Waals surface area contributed by atoms with Gasteiger partial charge in [-0.1, -0.05) is 36.3 Å². The van der Waals surface area contributed by atoms with Gasteiger partial charge in [-0.25, -0.2) is 13.4 Å². The van der Waals surface area contributed by atoms with Gasteiger partial charge in [0.25, 0.3) is 10.0 Å². The molecule has 3 aromatic rings. The van der Waals surface area contributed by atoms with E-state index in [1.807, 2.05) is 6.92 Å². The maximum absolute atomic E-state index is 13.2. The number of anilines is 2. The number of carbonyl (C=O) groups excluding carboxylic acids is 1. The van der Waals surface area contributed by atoms with Gasteiger partial charge in [-0.15, -0.1) is 0 Å². The Morgan fingerprint density at radius 3 is 2.53 bits per heavy atom. The number of rotatable bonds is 8. The second kappa shape index (κ2) is 10.1. The molecule has 1 aliphatic carbocycles. The first kappa shape index (κ1) is 24.2. The SMILES string of the molecule is COc1ccc(-c2sc(NC(=O)C3CCCC3)nc2C)cc1S(=O)(=O)Nc1ccc(CO)cc1. The van der Waals surface area contributed by atoms with E-state index in [1.165, 1.54) is 18.4 Å². The van der Waals surface area contributed by atoms with Crippen molar-refractivity contribution in [3.8, 4) is 16.2 Å². The Kier molecular flexibility index (Phi) is 7.20. The number of methoxy groups -OCH3 is 1. The number of aliphatic hydroxyl groups excluding tert-OH is 1. The van der Waals surface area contributed by atoms with E-state index in [4.69, 9.17) is 4.74 Å². The summed E-state index contributed by atoms with van der Waals surface area (Å²) in [6, 6.07) is 11.4. The summed E-state index contributed by atoms with van der Waals surface area (Å²) in [4.78, 5) is 17.7. The number of hydrogen-bond donors (Lipinski definition) is 3. The van der Waals surface area contributed by atoms with Crippen LogP contribution < -0.4 is 14.8 Å². The number of carbonyl (C=O) groups is 1. The maximum atomic E-state index is 13.2. The lowest BCUT2D eigenvalue weighted by molar-refractivity contribution is -0.119. The average Bonchev–Trinajstić information content (AvgIpc) is 3.49. The molecule has 10 heteroatoms. The molecule has 0 bridgehead atoms. The first-order valence-corrected chi connectivity index (χ1v) is 13.3. The molecule has 0 atom stereocenters. The van der Waals surface area contributed by atoms with Gasteiger partial charge in [-0.05, 0) is 61.2 Å². The lowest BCUT2D eigenvalue weighted by Crippen LogP contribution is -2.20. The smallest absolute Gasteiger partial charge is 0.265 e. The third-order valence-corrected chi connectivity index (χ3v) is 8.38. The number of hydrogen-bond acceptors (Lipinski definition) is 7. The molecule has 8 nitrogen and oxygen atoms in total. The fourth-order valence-corrected chi connectivity index (χ4v) is 6.25. The number of thiazole rings is 1. The second-order valence-corrected chi connectivity index (χ2v) is 10.9. The molecule has 0 radical (unpaired) electrons. The van der Waals surface area contributed by atoms with Crippen LogP contribution in [0.4, 0.5) is 10.8 Å². The number of ether oxygens (including phenoxy) is 1. The summed E-state index contributed by atoms with van der Waals surface area (Å²) in [7, 11) is -2.55. The first-order valence-electron chi connectivity index (χ1n) is 11.0. The molecule has 1 fully saturated rings. The predicted octanol–water partition coefficient (Wildman–Crippen LogP) is 4.55. The van der Waals surface area contributed by atoms with Gasteiger partial charge in [0.2, 0.25) is 5.91 Å². The minimum Gasteiger partial charge on any atom is -0.495 e. The summed E-state index contributed by atoms with van der Waals surface area (Å²) in [5, 5.41) is 12.6. The van der Waals surface area contributed by atoms with E-state index in [0.29, 0.717) is 27.6 Å². The molecular formula is C24H27N3O5S2. The number of aliphatic hydroxyl groups is 1. The zero-order valence-corrected chi connectivity index (χ0v) is 20.6. The minimum absolute atomic E-state index is 0.00721. The van der Waals surface area contributed by atoms with Crippen molar-refractivity contribution in [1.82, 2.24) is 4.98 Å². The molecule has 4 rings (SSSR count). The van der Waals surface area contributed by atoms with Crippen LogP contribution in [0, 0.1) is 12.8 Å². The van der Waals surface area contributed by atoms with Gasteiger partial charge in [-0.2, -0.15) is 0 Å². The van der Waals surface area contributed by atoms with Gasteiger partial charge in [0.1, 0.15) is 10.6 Å². The van der Waals surface area contributed by atoms with Gasteiger partial charge < -0.3 is 15.2 Å². The summed E-state index contributed by atoms with van der Waals surface area (Å²) >= 11 is 1.32. The van der Waals surface area contributed by atoms with Crippen LogP contribution in [0.25, 0.3) is 10.4 Å². The van der Waals surface area contributed by atoms with Crippen LogP contribution in [0.1, 0.15) is 36.9 Å². The largest absolute Gasteiger partial charge is 0.495 e. The molecule has 0 unspecified atom stereocenters. The third kappa shape index (κ3) is 5.24. The molecule has 1 aliphatic rings. The zero-order chi connectivity index (χ0) is 24.3. The monoisotopic (exact) mass is 501 g/mol. The van der Waals surface area contributed by atoms with Crippen molar-refractivity contribution in [1.29, 1.82) is 0 Å². The Balaban J connectivity index is 1.61. The van der Waals surface area contributed by atoms with Crippen LogP contribution >= 0.6 is 11.3 Å². The number of aryl methyl sites for hydroxylation is 1. The van der Waals surface area contributed by atoms with E-state index < -0.39 is 10.0 Å². The molecule has 180 valence electrons. The predicted molar refractivity (Wildman–Crippen MR) is 133 cm³/mol. The average molecular weight is 502 g/mol. The van der Waals surface area contributed by atoms with Crippen molar-refractivity contribution < 1.29 is 23.1 Å². The van der Waals surface area contributed by atoms with Crippen molar-refractivity contribution in [2.45, 2.75) is 44.1 Å². The summed E-state index contributed by atoms with van der Waals surface area (Å²) in [5.41, 5.74) is 2.41. The normalized spacial score (nSPS) is 14.2. The molecular weight excluding hydrogens is 474 g/mol. The number of amides is 1. The second-order valence-electron chi connectivity index (χ2n) is 8.23. The van der Waals surface area contributed by atoms with Crippen molar-refractivity contribution in [2.24, 2.45) is 5.92 Å². The number of benzene rings is 2. The summed E-state index contributed by atoms with van der Waals surface area (Å²) in [6.07, 6.45) is 3.95. The number of sulfonamides is 1. The van der Waals surface area contributed by atoms with Crippen molar-refractivity contribution in [2.75, 3.05) is 17.1 Å². The highest BCUT2D eigenvalue weighted by Gasteiger charge is 2.25. The van der Waals surface area contributed by atoms with Crippen molar-refractivity contribution in [3.63, 3.8) is 0 Å². The molecule has 1 heterocycles. The van der Waals surface area contributed by atoms with Gasteiger partial charge in [-0.3, -0.25) is 9.52 Å².